The predicted octanol–water partition coefficient (Wildman–Crippen LogP) is 0.879. The number of methoxy groups -OCH3 is 1. The average Bonchev–Trinajstić information content (AvgIpc) is 2.67. The number of ether oxygens (including phenoxy) is 1. The van der Waals surface area contributed by atoms with Crippen LogP contribution in [0.15, 0.2) is 18.2 Å². The summed E-state index contributed by atoms with van der Waals surface area (Å²) in [5.74, 6) is -0.500. The van der Waals surface area contributed by atoms with E-state index in [1.807, 2.05) is 0 Å². The highest BCUT2D eigenvalue weighted by Gasteiger charge is 2.29. The Kier molecular flexibility index (Phi) is 3.34. The van der Waals surface area contributed by atoms with Gasteiger partial charge in [-0.2, -0.15) is 0 Å². The van der Waals surface area contributed by atoms with Crippen LogP contribution in [0.5, 0.6) is 0 Å². The van der Waals surface area contributed by atoms with Crippen LogP contribution in [0.1, 0.15) is 22.3 Å². The number of nitrogens with zero attached hydrogens (tertiary/aromatic N) is 1. The molecule has 1 aliphatic heterocycles. The van der Waals surface area contributed by atoms with Gasteiger partial charge in [0.25, 0.3) is 0 Å². The molecule has 2 rings (SSSR count). The van der Waals surface area contributed by atoms with E-state index in [9.17, 15) is 14.7 Å². The largest absolute Gasteiger partial charge is 0.465 e. The van der Waals surface area contributed by atoms with Gasteiger partial charge >= 0.3 is 5.97 Å². The number of carbonyl (C=O) groups is 2. The minimum absolute atomic E-state index is 0.104. The molecule has 1 aromatic carbocycles. The van der Waals surface area contributed by atoms with Crippen molar-refractivity contribution >= 4 is 17.6 Å². The summed E-state index contributed by atoms with van der Waals surface area (Å²) < 4.78 is 4.66. The molecule has 0 aromatic heterocycles. The molecule has 1 heterocycles. The maximum absolute atomic E-state index is 11.6. The molecular formula is C13H15NO4. The van der Waals surface area contributed by atoms with E-state index in [-0.39, 0.29) is 12.3 Å². The molecule has 0 saturated carbocycles. The molecule has 1 aromatic rings. The maximum Gasteiger partial charge on any atom is 0.338 e. The van der Waals surface area contributed by atoms with Crippen molar-refractivity contribution in [2.24, 2.45) is 0 Å². The lowest BCUT2D eigenvalue weighted by atomic mass is 10.1. The lowest BCUT2D eigenvalue weighted by molar-refractivity contribution is -0.117. The van der Waals surface area contributed by atoms with Gasteiger partial charge in [0, 0.05) is 5.69 Å². The van der Waals surface area contributed by atoms with Crippen LogP contribution in [0.4, 0.5) is 5.69 Å². The molecule has 96 valence electrons. The van der Waals surface area contributed by atoms with E-state index >= 15 is 0 Å². The number of rotatable bonds is 2. The van der Waals surface area contributed by atoms with Gasteiger partial charge in [-0.1, -0.05) is 0 Å². The third-order valence-corrected chi connectivity index (χ3v) is 3.03. The Hall–Kier alpha value is -1.88. The smallest absolute Gasteiger partial charge is 0.338 e. The van der Waals surface area contributed by atoms with Crippen LogP contribution in [0, 0.1) is 6.92 Å². The first-order valence-electron chi connectivity index (χ1n) is 5.70. The van der Waals surface area contributed by atoms with Crippen molar-refractivity contribution in [3.63, 3.8) is 0 Å². The summed E-state index contributed by atoms with van der Waals surface area (Å²) in [6, 6.07) is 5.08. The fraction of sp³-hybridized carbons (Fsp3) is 0.385. The Morgan fingerprint density at radius 2 is 2.22 bits per heavy atom. The van der Waals surface area contributed by atoms with Crippen LogP contribution in [0.3, 0.4) is 0 Å². The Labute approximate surface area is 105 Å². The molecular weight excluding hydrogens is 234 g/mol. The number of β-amino-alcohol motifs (C(OH)–C–C–N with tert-alkyl or cyclic N) is 1. The normalized spacial score (nSPS) is 19.2. The van der Waals surface area contributed by atoms with Crippen molar-refractivity contribution in [3.8, 4) is 0 Å². The average molecular weight is 249 g/mol. The molecule has 1 N–H and O–H groups in total. The number of amides is 1. The Bertz CT molecular complexity index is 498. The standard InChI is InChI=1S/C13H15NO4/c1-8-5-9(3-4-11(8)13(17)18-2)14-7-10(15)6-12(14)16/h3-5,10,15H,6-7H2,1-2H3. The molecule has 18 heavy (non-hydrogen) atoms. The van der Waals surface area contributed by atoms with Gasteiger partial charge in [-0.15, -0.1) is 0 Å². The van der Waals surface area contributed by atoms with E-state index < -0.39 is 12.1 Å². The van der Waals surface area contributed by atoms with Crippen molar-refractivity contribution in [1.29, 1.82) is 0 Å². The number of hydrogen-bond donors (Lipinski definition) is 1. The number of hydrogen-bond acceptors (Lipinski definition) is 4. The molecule has 1 aliphatic rings. The first-order valence-corrected chi connectivity index (χ1v) is 5.70. The van der Waals surface area contributed by atoms with Crippen molar-refractivity contribution in [3.05, 3.63) is 29.3 Å². The summed E-state index contributed by atoms with van der Waals surface area (Å²) in [4.78, 5) is 24.6. The van der Waals surface area contributed by atoms with Gasteiger partial charge in [0.15, 0.2) is 0 Å². The highest BCUT2D eigenvalue weighted by molar-refractivity contribution is 5.97. The minimum atomic E-state index is -0.613. The summed E-state index contributed by atoms with van der Waals surface area (Å²) in [6.07, 6.45) is -0.462. The number of carbonyl (C=O) groups excluding carboxylic acids is 2. The Morgan fingerprint density at radius 1 is 1.50 bits per heavy atom. The zero-order chi connectivity index (χ0) is 13.3. The fourth-order valence-electron chi connectivity index (χ4n) is 2.09. The summed E-state index contributed by atoms with van der Waals surface area (Å²) in [7, 11) is 1.33. The summed E-state index contributed by atoms with van der Waals surface area (Å²) in [6.45, 7) is 2.09. The third-order valence-electron chi connectivity index (χ3n) is 3.03. The summed E-state index contributed by atoms with van der Waals surface area (Å²) >= 11 is 0. The van der Waals surface area contributed by atoms with Gasteiger partial charge in [-0.05, 0) is 30.7 Å². The number of esters is 1. The van der Waals surface area contributed by atoms with E-state index in [0.29, 0.717) is 17.8 Å². The van der Waals surface area contributed by atoms with Crippen molar-refractivity contribution in [2.75, 3.05) is 18.6 Å². The lowest BCUT2D eigenvalue weighted by Crippen LogP contribution is -2.25. The second-order valence-electron chi connectivity index (χ2n) is 4.35. The molecule has 5 heteroatoms. The number of aliphatic hydroxyl groups is 1. The molecule has 0 bridgehead atoms. The van der Waals surface area contributed by atoms with Crippen LogP contribution in [-0.4, -0.2) is 36.7 Å². The molecule has 1 unspecified atom stereocenters. The summed E-state index contributed by atoms with van der Waals surface area (Å²) in [5.41, 5.74) is 1.92. The molecule has 1 fully saturated rings. The second kappa shape index (κ2) is 4.78. The summed E-state index contributed by atoms with van der Waals surface area (Å²) in [5, 5.41) is 9.44. The zero-order valence-corrected chi connectivity index (χ0v) is 10.3. The van der Waals surface area contributed by atoms with Crippen LogP contribution < -0.4 is 4.90 Å². The molecule has 1 amide bonds. The van der Waals surface area contributed by atoms with E-state index in [2.05, 4.69) is 4.74 Å². The van der Waals surface area contributed by atoms with Gasteiger partial charge in [0.05, 0.1) is 31.7 Å². The number of benzene rings is 1. The number of anilines is 1. The first-order chi connectivity index (χ1) is 8.52. The topological polar surface area (TPSA) is 66.8 Å². The second-order valence-corrected chi connectivity index (χ2v) is 4.35. The molecule has 0 radical (unpaired) electrons. The van der Waals surface area contributed by atoms with Gasteiger partial charge < -0.3 is 14.7 Å². The van der Waals surface area contributed by atoms with Gasteiger partial charge in [0.1, 0.15) is 0 Å². The quantitative estimate of drug-likeness (QED) is 0.790. The Morgan fingerprint density at radius 3 is 2.72 bits per heavy atom. The van der Waals surface area contributed by atoms with Crippen LogP contribution in [0.2, 0.25) is 0 Å². The van der Waals surface area contributed by atoms with Crippen molar-refractivity contribution in [2.45, 2.75) is 19.4 Å². The first kappa shape index (κ1) is 12.6. The highest BCUT2D eigenvalue weighted by Crippen LogP contribution is 2.24. The fourth-order valence-corrected chi connectivity index (χ4v) is 2.09. The molecule has 0 aliphatic carbocycles. The SMILES string of the molecule is COC(=O)c1ccc(N2CC(O)CC2=O)cc1C. The van der Waals surface area contributed by atoms with Gasteiger partial charge in [0.2, 0.25) is 5.91 Å². The van der Waals surface area contributed by atoms with E-state index in [4.69, 9.17) is 0 Å². The minimum Gasteiger partial charge on any atom is -0.465 e. The monoisotopic (exact) mass is 249 g/mol. The Balaban J connectivity index is 2.29. The number of aliphatic hydroxyl groups excluding tert-OH is 1. The molecule has 0 spiro atoms. The van der Waals surface area contributed by atoms with E-state index in [1.54, 1.807) is 25.1 Å². The number of aryl methyl sites for hydroxylation is 1. The van der Waals surface area contributed by atoms with Gasteiger partial charge in [-0.3, -0.25) is 4.79 Å². The van der Waals surface area contributed by atoms with E-state index in [0.717, 1.165) is 5.56 Å². The zero-order valence-electron chi connectivity index (χ0n) is 10.3. The van der Waals surface area contributed by atoms with Crippen LogP contribution in [0.25, 0.3) is 0 Å². The molecule has 5 nitrogen and oxygen atoms in total. The van der Waals surface area contributed by atoms with Crippen molar-refractivity contribution in [1.82, 2.24) is 0 Å². The lowest BCUT2D eigenvalue weighted by Gasteiger charge is -2.17. The molecule has 1 saturated heterocycles. The predicted molar refractivity (Wildman–Crippen MR) is 65.5 cm³/mol. The molecule has 1 atom stereocenters. The van der Waals surface area contributed by atoms with Crippen molar-refractivity contribution < 1.29 is 19.4 Å². The third kappa shape index (κ3) is 2.22. The van der Waals surface area contributed by atoms with Crippen LogP contribution >= 0.6 is 0 Å². The van der Waals surface area contributed by atoms with E-state index in [1.165, 1.54) is 12.0 Å². The van der Waals surface area contributed by atoms with Crippen LogP contribution in [-0.2, 0) is 9.53 Å². The highest BCUT2D eigenvalue weighted by atomic mass is 16.5. The maximum atomic E-state index is 11.6. The van der Waals surface area contributed by atoms with Gasteiger partial charge in [-0.25, -0.2) is 4.79 Å².